The van der Waals surface area contributed by atoms with Gasteiger partial charge in [0, 0.05) is 22.0 Å². The van der Waals surface area contributed by atoms with Crippen LogP contribution in [-0.4, -0.2) is 21.3 Å². The summed E-state index contributed by atoms with van der Waals surface area (Å²) in [6.07, 6.45) is 0. The number of ketones is 1. The predicted molar refractivity (Wildman–Crippen MR) is 102 cm³/mol. The van der Waals surface area contributed by atoms with Crippen molar-refractivity contribution in [1.29, 1.82) is 0 Å². The number of phenolic OH excluding ortho intramolecular Hbond substituents is 2. The molecule has 124 valence electrons. The third kappa shape index (κ3) is 3.19. The van der Waals surface area contributed by atoms with Gasteiger partial charge in [0.15, 0.2) is 5.78 Å². The molecule has 25 heavy (non-hydrogen) atoms. The van der Waals surface area contributed by atoms with E-state index >= 15 is 0 Å². The molecule has 4 heteroatoms. The highest BCUT2D eigenvalue weighted by Gasteiger charge is 2.21. The molecule has 0 bridgehead atoms. The minimum Gasteiger partial charge on any atom is -0.507 e. The zero-order valence-corrected chi connectivity index (χ0v) is 14.7. The van der Waals surface area contributed by atoms with Crippen LogP contribution >= 0.6 is 8.86 Å². The molecule has 0 atom stereocenters. The third-order valence-corrected chi connectivity index (χ3v) is 4.68. The Labute approximate surface area is 148 Å². The van der Waals surface area contributed by atoms with E-state index in [-0.39, 0.29) is 28.4 Å². The van der Waals surface area contributed by atoms with Crippen molar-refractivity contribution < 1.29 is 15.0 Å². The highest BCUT2D eigenvalue weighted by atomic mass is 31.0. The molecule has 0 radical (unpaired) electrons. The predicted octanol–water partition coefficient (Wildman–Crippen LogP) is 4.35. The summed E-state index contributed by atoms with van der Waals surface area (Å²) in [7, 11) is 3.57. The van der Waals surface area contributed by atoms with Crippen LogP contribution in [0.25, 0.3) is 0 Å². The smallest absolute Gasteiger partial charge is 0.196 e. The summed E-state index contributed by atoms with van der Waals surface area (Å²) in [5.41, 5.74) is 2.21. The second-order valence-electron chi connectivity index (χ2n) is 5.73. The number of benzene rings is 3. The number of rotatable bonds is 4. The Kier molecular flexibility index (Phi) is 4.69. The van der Waals surface area contributed by atoms with Gasteiger partial charge in [0.2, 0.25) is 0 Å². The molecular formula is C21H17O3P. The maximum absolute atomic E-state index is 12.8. The van der Waals surface area contributed by atoms with Crippen LogP contribution in [0.4, 0.5) is 0 Å². The van der Waals surface area contributed by atoms with Crippen molar-refractivity contribution in [2.75, 3.05) is 0 Å². The summed E-state index contributed by atoms with van der Waals surface area (Å²) < 4.78 is 0. The Balaban J connectivity index is 2.14. The first-order valence-corrected chi connectivity index (χ1v) is 8.30. The van der Waals surface area contributed by atoms with E-state index in [0.717, 1.165) is 5.56 Å². The van der Waals surface area contributed by atoms with E-state index < -0.39 is 0 Å². The van der Waals surface area contributed by atoms with Gasteiger partial charge in [-0.3, -0.25) is 4.79 Å². The molecule has 2 N–H and O–H groups in total. The third-order valence-electron chi connectivity index (χ3n) is 4.12. The van der Waals surface area contributed by atoms with Crippen molar-refractivity contribution in [3.8, 4) is 11.5 Å². The quantitative estimate of drug-likeness (QED) is 0.544. The van der Waals surface area contributed by atoms with E-state index in [1.54, 1.807) is 31.2 Å². The topological polar surface area (TPSA) is 57.5 Å². The normalized spacial score (nSPS) is 10.4. The van der Waals surface area contributed by atoms with Crippen LogP contribution in [0.15, 0.2) is 66.7 Å². The lowest BCUT2D eigenvalue weighted by atomic mass is 9.93. The van der Waals surface area contributed by atoms with E-state index in [1.165, 1.54) is 6.07 Å². The Morgan fingerprint density at radius 3 is 1.84 bits per heavy atom. The maximum Gasteiger partial charge on any atom is 0.196 e. The van der Waals surface area contributed by atoms with E-state index in [4.69, 9.17) is 0 Å². The van der Waals surface area contributed by atoms with Crippen molar-refractivity contribution in [2.24, 2.45) is 0 Å². The van der Waals surface area contributed by atoms with Crippen LogP contribution in [0, 0.1) is 6.92 Å². The molecule has 0 saturated heterocycles. The summed E-state index contributed by atoms with van der Waals surface area (Å²) in [4.78, 5) is 12.8. The van der Waals surface area contributed by atoms with Crippen molar-refractivity contribution in [1.82, 2.24) is 0 Å². The zero-order chi connectivity index (χ0) is 18.0. The molecule has 3 aromatic rings. The maximum atomic E-state index is 12.8. The van der Waals surface area contributed by atoms with E-state index in [2.05, 4.69) is 8.86 Å². The van der Waals surface area contributed by atoms with Crippen molar-refractivity contribution >= 4 is 19.9 Å². The molecule has 3 aromatic carbocycles. The van der Waals surface area contributed by atoms with Gasteiger partial charge >= 0.3 is 0 Å². The van der Waals surface area contributed by atoms with Gasteiger partial charge < -0.3 is 10.2 Å². The van der Waals surface area contributed by atoms with Gasteiger partial charge in [-0.1, -0.05) is 60.7 Å². The molecule has 0 amide bonds. The molecule has 0 aromatic heterocycles. The summed E-state index contributed by atoms with van der Waals surface area (Å²) in [6, 6.07) is 19.7. The minimum atomic E-state index is -0.296. The van der Waals surface area contributed by atoms with Crippen LogP contribution in [0.1, 0.15) is 32.6 Å². The first kappa shape index (κ1) is 16.9. The monoisotopic (exact) mass is 348 g/mol. The average molecular weight is 348 g/mol. The number of hydrogen-bond donors (Lipinski definition) is 2. The van der Waals surface area contributed by atoms with Crippen molar-refractivity contribution in [3.05, 3.63) is 94.5 Å². The lowest BCUT2D eigenvalue weighted by Crippen LogP contribution is -2.07. The molecule has 3 nitrogen and oxygen atoms in total. The fourth-order valence-electron chi connectivity index (χ4n) is 2.67. The van der Waals surface area contributed by atoms with Gasteiger partial charge in [-0.15, -0.1) is 8.86 Å². The lowest BCUT2D eigenvalue weighted by molar-refractivity contribution is 0.103. The molecule has 0 heterocycles. The number of carbonyl (C=O) groups excluding carboxylic acids is 1. The summed E-state index contributed by atoms with van der Waals surface area (Å²) in [5, 5.41) is 21.5. The fraction of sp³-hybridized carbons (Fsp3) is 0.0476. The molecule has 0 aliphatic heterocycles. The largest absolute Gasteiger partial charge is 0.507 e. The van der Waals surface area contributed by atoms with Gasteiger partial charge in [-0.05, 0) is 18.6 Å². The summed E-state index contributed by atoms with van der Waals surface area (Å²) >= 11 is 0. The van der Waals surface area contributed by atoms with Gasteiger partial charge in [-0.25, -0.2) is 0 Å². The SMILES string of the molecule is Cc1c(O)c(C(=O)c2ccccc2)cc(C(=P)c2ccccc2)c1O. The first-order valence-electron chi connectivity index (χ1n) is 7.80. The summed E-state index contributed by atoms with van der Waals surface area (Å²) in [6.45, 7) is 1.58. The van der Waals surface area contributed by atoms with Crippen LogP contribution in [0.3, 0.4) is 0 Å². The second-order valence-corrected chi connectivity index (χ2v) is 6.23. The minimum absolute atomic E-state index is 0.0593. The van der Waals surface area contributed by atoms with Crippen LogP contribution < -0.4 is 0 Å². The number of carbonyl (C=O) groups is 1. The van der Waals surface area contributed by atoms with Crippen molar-refractivity contribution in [2.45, 2.75) is 6.92 Å². The van der Waals surface area contributed by atoms with E-state index in [1.807, 2.05) is 36.4 Å². The molecule has 0 aliphatic carbocycles. The Bertz CT molecular complexity index is 872. The van der Waals surface area contributed by atoms with E-state index in [9.17, 15) is 15.0 Å². The van der Waals surface area contributed by atoms with Gasteiger partial charge in [0.05, 0.1) is 5.56 Å². The molecule has 3 rings (SSSR count). The molecule has 0 unspecified atom stereocenters. The average Bonchev–Trinajstić information content (AvgIpc) is 2.67. The number of aromatic hydroxyl groups is 2. The van der Waals surface area contributed by atoms with Gasteiger partial charge in [0.1, 0.15) is 11.5 Å². The molecule has 0 spiro atoms. The van der Waals surface area contributed by atoms with Gasteiger partial charge in [0.25, 0.3) is 0 Å². The molecular weight excluding hydrogens is 331 g/mol. The van der Waals surface area contributed by atoms with Crippen LogP contribution in [0.5, 0.6) is 11.5 Å². The molecule has 0 aliphatic rings. The first-order chi connectivity index (χ1) is 12.0. The standard InChI is InChI=1S/C21H17O3P/c1-13-18(22)16(20(24)14-8-4-2-5-9-14)12-17(19(13)23)21(25)15-10-6-3-7-11-15/h2-12,22-23,25H,1H3. The molecule has 0 fully saturated rings. The fourth-order valence-corrected chi connectivity index (χ4v) is 3.02. The zero-order valence-electron chi connectivity index (χ0n) is 13.7. The highest BCUT2D eigenvalue weighted by Crippen LogP contribution is 2.36. The van der Waals surface area contributed by atoms with Crippen LogP contribution in [0.2, 0.25) is 0 Å². The Morgan fingerprint density at radius 2 is 1.28 bits per heavy atom. The molecule has 0 saturated carbocycles. The second kappa shape index (κ2) is 6.92. The Morgan fingerprint density at radius 1 is 0.800 bits per heavy atom. The Hall–Kier alpha value is -2.90. The highest BCUT2D eigenvalue weighted by molar-refractivity contribution is 7.23. The number of hydrogen-bond acceptors (Lipinski definition) is 3. The summed E-state index contributed by atoms with van der Waals surface area (Å²) in [5.74, 6) is -0.562. The van der Waals surface area contributed by atoms with Crippen LogP contribution in [-0.2, 0) is 0 Å². The van der Waals surface area contributed by atoms with E-state index in [0.29, 0.717) is 16.4 Å². The van der Waals surface area contributed by atoms with Gasteiger partial charge in [-0.2, -0.15) is 0 Å². The lowest BCUT2D eigenvalue weighted by Gasteiger charge is -2.15. The number of phenols is 2. The van der Waals surface area contributed by atoms with Crippen molar-refractivity contribution in [3.63, 3.8) is 0 Å².